The molecule has 3 rings (SSSR count). The number of ether oxygens (including phenoxy) is 1. The molecule has 1 heterocycles. The van der Waals surface area contributed by atoms with Crippen LogP contribution in [0.25, 0.3) is 0 Å². The number of hydrogen-bond donors (Lipinski definition) is 0. The summed E-state index contributed by atoms with van der Waals surface area (Å²) in [5, 5.41) is 15.1. The number of anilines is 1. The molecule has 0 fully saturated rings. The lowest BCUT2D eigenvalue weighted by Crippen LogP contribution is -2.38. The summed E-state index contributed by atoms with van der Waals surface area (Å²) in [6.45, 7) is 0. The molecule has 2 aromatic rings. The molecule has 1 unspecified atom stereocenters. The summed E-state index contributed by atoms with van der Waals surface area (Å²) < 4.78 is 5.15. The van der Waals surface area contributed by atoms with Gasteiger partial charge in [0.15, 0.2) is 0 Å². The molecule has 1 amide bonds. The van der Waals surface area contributed by atoms with Gasteiger partial charge < -0.3 is 4.74 Å². The third-order valence-corrected chi connectivity index (χ3v) is 3.70. The van der Waals surface area contributed by atoms with Gasteiger partial charge in [-0.15, -0.1) is 0 Å². The molecule has 5 nitrogen and oxygen atoms in total. The predicted octanol–water partition coefficient (Wildman–Crippen LogP) is 2.98. The van der Waals surface area contributed by atoms with Crippen LogP contribution >= 0.6 is 0 Å². The van der Waals surface area contributed by atoms with Crippen molar-refractivity contribution in [2.45, 2.75) is 6.42 Å². The van der Waals surface area contributed by atoms with E-state index in [1.807, 2.05) is 42.5 Å². The molecule has 0 saturated carbocycles. The molecule has 1 atom stereocenters. The predicted molar refractivity (Wildman–Crippen MR) is 87.2 cm³/mol. The van der Waals surface area contributed by atoms with E-state index in [-0.39, 0.29) is 5.91 Å². The van der Waals surface area contributed by atoms with Gasteiger partial charge in [-0.3, -0.25) is 4.79 Å². The fraction of sp³-hybridized carbons (Fsp3) is 0.167. The number of benzene rings is 2. The number of nitrogens with zero attached hydrogens (tertiary/aromatic N) is 3. The number of carbonyl (C=O) groups excluding carboxylic acids is 1. The number of hydrazone groups is 1. The van der Waals surface area contributed by atoms with Gasteiger partial charge in [0, 0.05) is 6.42 Å². The van der Waals surface area contributed by atoms with Crippen molar-refractivity contribution >= 4 is 17.3 Å². The smallest absolute Gasteiger partial charge is 0.265 e. The van der Waals surface area contributed by atoms with Gasteiger partial charge in [0.1, 0.15) is 11.7 Å². The summed E-state index contributed by atoms with van der Waals surface area (Å²) in [6, 6.07) is 18.6. The molecule has 114 valence electrons. The quantitative estimate of drug-likeness (QED) is 0.875. The lowest BCUT2D eigenvalue weighted by molar-refractivity contribution is -0.121. The molecular formula is C18H15N3O2. The Morgan fingerprint density at radius 1 is 1.17 bits per heavy atom. The molecular weight excluding hydrogens is 290 g/mol. The van der Waals surface area contributed by atoms with Crippen LogP contribution in [-0.4, -0.2) is 18.7 Å². The van der Waals surface area contributed by atoms with Gasteiger partial charge in [-0.1, -0.05) is 18.2 Å². The fourth-order valence-corrected chi connectivity index (χ4v) is 2.45. The van der Waals surface area contributed by atoms with Crippen molar-refractivity contribution in [2.24, 2.45) is 11.0 Å². The second-order valence-electron chi connectivity index (χ2n) is 5.15. The Hall–Kier alpha value is -3.13. The van der Waals surface area contributed by atoms with Crippen LogP contribution in [0.5, 0.6) is 5.75 Å². The van der Waals surface area contributed by atoms with E-state index in [1.54, 1.807) is 19.2 Å². The number of rotatable bonds is 3. The number of nitriles is 1. The van der Waals surface area contributed by atoms with Crippen molar-refractivity contribution in [3.63, 3.8) is 0 Å². The first kappa shape index (κ1) is 14.8. The minimum absolute atomic E-state index is 0.295. The Balaban J connectivity index is 2.01. The minimum Gasteiger partial charge on any atom is -0.497 e. The van der Waals surface area contributed by atoms with E-state index in [2.05, 4.69) is 11.2 Å². The first-order valence-electron chi connectivity index (χ1n) is 7.23. The first-order valence-corrected chi connectivity index (χ1v) is 7.23. The Kier molecular flexibility index (Phi) is 4.07. The average Bonchev–Trinajstić information content (AvgIpc) is 2.63. The molecule has 0 spiro atoms. The van der Waals surface area contributed by atoms with Crippen molar-refractivity contribution in [2.75, 3.05) is 12.1 Å². The van der Waals surface area contributed by atoms with E-state index in [4.69, 9.17) is 4.74 Å². The fourth-order valence-electron chi connectivity index (χ4n) is 2.45. The van der Waals surface area contributed by atoms with Crippen LogP contribution < -0.4 is 9.75 Å². The summed E-state index contributed by atoms with van der Waals surface area (Å²) in [6.07, 6.45) is 0.311. The van der Waals surface area contributed by atoms with Crippen molar-refractivity contribution in [3.05, 3.63) is 60.2 Å². The second-order valence-corrected chi connectivity index (χ2v) is 5.15. The number of carbonyl (C=O) groups is 1. The Morgan fingerprint density at radius 2 is 1.87 bits per heavy atom. The van der Waals surface area contributed by atoms with Gasteiger partial charge in [0.05, 0.1) is 24.6 Å². The van der Waals surface area contributed by atoms with Crippen LogP contribution in [0.4, 0.5) is 5.69 Å². The van der Waals surface area contributed by atoms with E-state index in [1.165, 1.54) is 5.01 Å². The maximum absolute atomic E-state index is 12.4. The summed E-state index contributed by atoms with van der Waals surface area (Å²) in [7, 11) is 1.61. The van der Waals surface area contributed by atoms with Gasteiger partial charge in [0.25, 0.3) is 5.91 Å². The molecule has 23 heavy (non-hydrogen) atoms. The molecule has 2 aromatic carbocycles. The molecule has 0 aromatic heterocycles. The van der Waals surface area contributed by atoms with Crippen molar-refractivity contribution in [1.82, 2.24) is 0 Å². The van der Waals surface area contributed by atoms with Crippen molar-refractivity contribution in [1.29, 1.82) is 5.26 Å². The van der Waals surface area contributed by atoms with Gasteiger partial charge in [0.2, 0.25) is 0 Å². The third-order valence-electron chi connectivity index (χ3n) is 3.70. The van der Waals surface area contributed by atoms with Crippen LogP contribution in [0.15, 0.2) is 59.7 Å². The molecule has 0 bridgehead atoms. The number of amides is 1. The zero-order valence-electron chi connectivity index (χ0n) is 12.6. The van der Waals surface area contributed by atoms with E-state index in [9.17, 15) is 10.1 Å². The SMILES string of the molecule is COc1ccc(C2=NN(c3ccccc3)C(=O)C(C#N)C2)cc1. The summed E-state index contributed by atoms with van der Waals surface area (Å²) in [5.74, 6) is -0.279. The maximum Gasteiger partial charge on any atom is 0.265 e. The zero-order chi connectivity index (χ0) is 16.2. The van der Waals surface area contributed by atoms with Crippen LogP contribution in [0.1, 0.15) is 12.0 Å². The third kappa shape index (κ3) is 2.92. The molecule has 0 N–H and O–H groups in total. The molecule has 1 aliphatic rings. The van der Waals surface area contributed by atoms with Crippen LogP contribution in [0.2, 0.25) is 0 Å². The molecule has 5 heteroatoms. The largest absolute Gasteiger partial charge is 0.497 e. The normalized spacial score (nSPS) is 17.4. The number of hydrogen-bond acceptors (Lipinski definition) is 4. The highest BCUT2D eigenvalue weighted by molar-refractivity contribution is 6.10. The molecule has 0 saturated heterocycles. The van der Waals surface area contributed by atoms with Crippen LogP contribution in [-0.2, 0) is 4.79 Å². The van der Waals surface area contributed by atoms with Gasteiger partial charge in [-0.05, 0) is 42.0 Å². The lowest BCUT2D eigenvalue weighted by atomic mass is 9.96. The van der Waals surface area contributed by atoms with Crippen molar-refractivity contribution < 1.29 is 9.53 Å². The molecule has 0 aliphatic carbocycles. The van der Waals surface area contributed by atoms with E-state index in [0.717, 1.165) is 11.3 Å². The van der Waals surface area contributed by atoms with Gasteiger partial charge in [-0.2, -0.15) is 15.4 Å². The standard InChI is InChI=1S/C18H15N3O2/c1-23-16-9-7-13(8-10-16)17-11-14(12-19)18(22)21(20-17)15-5-3-2-4-6-15/h2-10,14H,11H2,1H3. The molecule has 1 aliphatic heterocycles. The second kappa shape index (κ2) is 6.32. The Morgan fingerprint density at radius 3 is 2.48 bits per heavy atom. The number of para-hydroxylation sites is 1. The zero-order valence-corrected chi connectivity index (χ0v) is 12.6. The summed E-state index contributed by atoms with van der Waals surface area (Å²) in [4.78, 5) is 12.4. The maximum atomic E-state index is 12.4. The average molecular weight is 305 g/mol. The monoisotopic (exact) mass is 305 g/mol. The highest BCUT2D eigenvalue weighted by Gasteiger charge is 2.32. The Labute approximate surface area is 134 Å². The number of methoxy groups -OCH3 is 1. The van der Waals surface area contributed by atoms with Crippen LogP contribution in [0.3, 0.4) is 0 Å². The highest BCUT2D eigenvalue weighted by atomic mass is 16.5. The summed E-state index contributed by atoms with van der Waals surface area (Å²) >= 11 is 0. The first-order chi connectivity index (χ1) is 11.2. The highest BCUT2D eigenvalue weighted by Crippen LogP contribution is 2.26. The van der Waals surface area contributed by atoms with E-state index in [0.29, 0.717) is 17.8 Å². The van der Waals surface area contributed by atoms with Gasteiger partial charge in [-0.25, -0.2) is 0 Å². The minimum atomic E-state index is -0.732. The topological polar surface area (TPSA) is 65.7 Å². The Bertz CT molecular complexity index is 776. The van der Waals surface area contributed by atoms with Gasteiger partial charge >= 0.3 is 0 Å². The van der Waals surface area contributed by atoms with E-state index < -0.39 is 5.92 Å². The van der Waals surface area contributed by atoms with E-state index >= 15 is 0 Å². The summed E-state index contributed by atoms with van der Waals surface area (Å²) in [5.41, 5.74) is 2.24. The lowest BCUT2D eigenvalue weighted by Gasteiger charge is -2.26. The molecule has 0 radical (unpaired) electrons. The van der Waals surface area contributed by atoms with Crippen molar-refractivity contribution in [3.8, 4) is 11.8 Å². The van der Waals surface area contributed by atoms with Crippen LogP contribution in [0, 0.1) is 17.2 Å².